The number of imide groups is 1. The van der Waals surface area contributed by atoms with Crippen LogP contribution in [0.2, 0.25) is 0 Å². The number of hydrogen-bond donors (Lipinski definition) is 1. The molecule has 8 nitrogen and oxygen atoms in total. The van der Waals surface area contributed by atoms with E-state index in [9.17, 15) is 27.6 Å². The lowest BCUT2D eigenvalue weighted by atomic mass is 10.0. The minimum absolute atomic E-state index is 0.108. The Labute approximate surface area is 237 Å². The zero-order chi connectivity index (χ0) is 29.7. The third kappa shape index (κ3) is 6.77. The average Bonchev–Trinajstić information content (AvgIpc) is 3.16. The van der Waals surface area contributed by atoms with Crippen LogP contribution in [0.4, 0.5) is 29.3 Å². The first-order chi connectivity index (χ1) is 19.5. The van der Waals surface area contributed by atoms with Crippen molar-refractivity contribution in [2.75, 3.05) is 42.9 Å². The second kappa shape index (κ2) is 12.6. The molecule has 0 radical (unpaired) electrons. The molecule has 41 heavy (non-hydrogen) atoms. The molecule has 2 aromatic carbocycles. The number of urea groups is 1. The van der Waals surface area contributed by atoms with Gasteiger partial charge in [0.2, 0.25) is 0 Å². The first kappa shape index (κ1) is 29.8. The van der Waals surface area contributed by atoms with Gasteiger partial charge in [-0.05, 0) is 69.5 Å². The number of carbonyl (C=O) groups excluding carboxylic acids is 3. The Morgan fingerprint density at radius 2 is 1.68 bits per heavy atom. The molecule has 216 valence electrons. The van der Waals surface area contributed by atoms with Gasteiger partial charge in [-0.3, -0.25) is 14.5 Å². The van der Waals surface area contributed by atoms with E-state index in [1.165, 1.54) is 19.1 Å². The summed E-state index contributed by atoms with van der Waals surface area (Å²) in [6.07, 6.45) is -2.11. The minimum Gasteiger partial charge on any atom is -0.322 e. The van der Waals surface area contributed by atoms with E-state index >= 15 is 0 Å². The third-order valence-corrected chi connectivity index (χ3v) is 7.57. The molecule has 4 amide bonds. The fourth-order valence-electron chi connectivity index (χ4n) is 5.11. The van der Waals surface area contributed by atoms with Crippen LogP contribution in [-0.4, -0.2) is 60.4 Å². The lowest BCUT2D eigenvalue weighted by Crippen LogP contribution is -2.50. The summed E-state index contributed by atoms with van der Waals surface area (Å²) in [6.45, 7) is 7.08. The zero-order valence-corrected chi connectivity index (χ0v) is 23.1. The van der Waals surface area contributed by atoms with Crippen molar-refractivity contribution in [2.24, 2.45) is 0 Å². The lowest BCUT2D eigenvalue weighted by Gasteiger charge is -2.34. The number of nitrogens with one attached hydrogen (secondary N) is 1. The van der Waals surface area contributed by atoms with E-state index in [1.54, 1.807) is 4.90 Å². The van der Waals surface area contributed by atoms with E-state index in [1.807, 2.05) is 31.2 Å². The van der Waals surface area contributed by atoms with Gasteiger partial charge in [0, 0.05) is 43.0 Å². The summed E-state index contributed by atoms with van der Waals surface area (Å²) in [4.78, 5) is 43.3. The Hall–Kier alpha value is -4.17. The summed E-state index contributed by atoms with van der Waals surface area (Å²) in [5.74, 6) is -1.27. The number of rotatable bonds is 8. The van der Waals surface area contributed by atoms with Gasteiger partial charge in [-0.1, -0.05) is 24.6 Å². The molecule has 2 heterocycles. The molecule has 0 spiro atoms. The molecule has 0 saturated carbocycles. The van der Waals surface area contributed by atoms with Crippen molar-refractivity contribution >= 4 is 29.2 Å². The van der Waals surface area contributed by atoms with Crippen LogP contribution < -0.4 is 10.2 Å². The number of carbonyl (C=O) groups is 3. The van der Waals surface area contributed by atoms with Crippen LogP contribution >= 0.6 is 0 Å². The number of piperazine rings is 1. The predicted molar refractivity (Wildman–Crippen MR) is 148 cm³/mol. The van der Waals surface area contributed by atoms with Gasteiger partial charge in [-0.15, -0.1) is 0 Å². The molecule has 0 atom stereocenters. The smallest absolute Gasteiger partial charge is 0.322 e. The van der Waals surface area contributed by atoms with E-state index in [4.69, 9.17) is 5.26 Å². The Kier molecular flexibility index (Phi) is 9.13. The first-order valence-corrected chi connectivity index (χ1v) is 13.5. The van der Waals surface area contributed by atoms with E-state index < -0.39 is 29.1 Å². The number of halogens is 3. The van der Waals surface area contributed by atoms with Gasteiger partial charge in [0.05, 0.1) is 22.9 Å². The van der Waals surface area contributed by atoms with Crippen molar-refractivity contribution in [3.05, 3.63) is 70.3 Å². The summed E-state index contributed by atoms with van der Waals surface area (Å²) < 4.78 is 40.2. The normalized spacial score (nSPS) is 16.4. The maximum atomic E-state index is 13.4. The molecule has 0 aromatic heterocycles. The number of aryl methyl sites for hydroxylation is 1. The van der Waals surface area contributed by atoms with Crippen molar-refractivity contribution in [1.82, 2.24) is 9.80 Å². The molecule has 0 unspecified atom stereocenters. The van der Waals surface area contributed by atoms with E-state index in [0.717, 1.165) is 54.7 Å². The number of anilines is 2. The molecule has 0 aliphatic carbocycles. The topological polar surface area (TPSA) is 96.8 Å². The summed E-state index contributed by atoms with van der Waals surface area (Å²) in [7, 11) is 0. The summed E-state index contributed by atoms with van der Waals surface area (Å²) in [6, 6.07) is 11.9. The van der Waals surface area contributed by atoms with Crippen molar-refractivity contribution < 1.29 is 27.6 Å². The minimum atomic E-state index is -4.79. The molecule has 11 heteroatoms. The van der Waals surface area contributed by atoms with Gasteiger partial charge in [0.1, 0.15) is 0 Å². The van der Waals surface area contributed by atoms with Crippen LogP contribution in [0.25, 0.3) is 0 Å². The summed E-state index contributed by atoms with van der Waals surface area (Å²) >= 11 is 0. The van der Waals surface area contributed by atoms with Gasteiger partial charge in [-0.25, -0.2) is 9.69 Å². The quantitative estimate of drug-likeness (QED) is 0.336. The van der Waals surface area contributed by atoms with Crippen LogP contribution in [0, 0.1) is 18.3 Å². The standard InChI is InChI=1S/C30H32F3N5O3/c1-20-8-5-6-10-26(20)35-29(41)37-16-14-36(15-17-37)13-7-3-4-9-24-21(2)27(39)38(28(24)40)23-12-11-22(19-34)25(18-23)30(31,32)33/h5-6,8,10-12,18H,3-4,7,9,13-17H2,1-2H3,(H,35,41). The molecule has 2 aromatic rings. The number of amides is 4. The van der Waals surface area contributed by atoms with Crippen molar-refractivity contribution in [2.45, 2.75) is 45.7 Å². The second-order valence-corrected chi connectivity index (χ2v) is 10.3. The number of hydrogen-bond acceptors (Lipinski definition) is 5. The Bertz CT molecular complexity index is 1400. The number of nitriles is 1. The van der Waals surface area contributed by atoms with Crippen LogP contribution in [-0.2, 0) is 15.8 Å². The number of unbranched alkanes of at least 4 members (excludes halogenated alkanes) is 2. The highest BCUT2D eigenvalue weighted by molar-refractivity contribution is 6.32. The predicted octanol–water partition coefficient (Wildman–Crippen LogP) is 5.49. The fraction of sp³-hybridized carbons (Fsp3) is 0.400. The molecular weight excluding hydrogens is 535 g/mol. The number of benzene rings is 2. The van der Waals surface area contributed by atoms with Gasteiger partial charge in [0.25, 0.3) is 11.8 Å². The largest absolute Gasteiger partial charge is 0.417 e. The van der Waals surface area contributed by atoms with Crippen molar-refractivity contribution in [3.8, 4) is 6.07 Å². The van der Waals surface area contributed by atoms with Gasteiger partial charge in [0.15, 0.2) is 0 Å². The van der Waals surface area contributed by atoms with Crippen LogP contribution in [0.15, 0.2) is 53.6 Å². The van der Waals surface area contributed by atoms with Crippen LogP contribution in [0.1, 0.15) is 49.3 Å². The maximum absolute atomic E-state index is 13.4. The van der Waals surface area contributed by atoms with Gasteiger partial charge < -0.3 is 10.2 Å². The Morgan fingerprint density at radius 1 is 0.976 bits per heavy atom. The maximum Gasteiger partial charge on any atom is 0.417 e. The molecule has 2 aliphatic rings. The van der Waals surface area contributed by atoms with Crippen LogP contribution in [0.3, 0.4) is 0 Å². The van der Waals surface area contributed by atoms with Gasteiger partial charge >= 0.3 is 12.2 Å². The first-order valence-electron chi connectivity index (χ1n) is 13.5. The molecule has 4 rings (SSSR count). The zero-order valence-electron chi connectivity index (χ0n) is 23.1. The molecule has 1 saturated heterocycles. The van der Waals surface area contributed by atoms with Crippen LogP contribution in [0.5, 0.6) is 0 Å². The average molecular weight is 568 g/mol. The lowest BCUT2D eigenvalue weighted by molar-refractivity contribution is -0.138. The third-order valence-electron chi connectivity index (χ3n) is 7.57. The molecule has 0 bridgehead atoms. The number of nitrogens with zero attached hydrogens (tertiary/aromatic N) is 4. The number of alkyl halides is 3. The van der Waals surface area contributed by atoms with Crippen molar-refractivity contribution in [3.63, 3.8) is 0 Å². The molecular formula is C30H32F3N5O3. The van der Waals surface area contributed by atoms with Gasteiger partial charge in [-0.2, -0.15) is 18.4 Å². The van der Waals surface area contributed by atoms with E-state index in [0.29, 0.717) is 37.6 Å². The highest BCUT2D eigenvalue weighted by atomic mass is 19.4. The second-order valence-electron chi connectivity index (χ2n) is 10.3. The molecule has 2 aliphatic heterocycles. The Morgan fingerprint density at radius 3 is 2.34 bits per heavy atom. The SMILES string of the molecule is CC1=C(CCCCCN2CCN(C(=O)Nc3ccccc3C)CC2)C(=O)N(c2ccc(C#N)c(C(F)(F)F)c2)C1=O. The molecule has 1 fully saturated rings. The summed E-state index contributed by atoms with van der Waals surface area (Å²) in [5, 5.41) is 12.0. The fourth-order valence-corrected chi connectivity index (χ4v) is 5.11. The van der Waals surface area contributed by atoms with E-state index in [-0.39, 0.29) is 17.3 Å². The highest BCUT2D eigenvalue weighted by Gasteiger charge is 2.39. The Balaban J connectivity index is 1.22. The number of para-hydroxylation sites is 1. The molecule has 1 N–H and O–H groups in total. The monoisotopic (exact) mass is 567 g/mol. The summed E-state index contributed by atoms with van der Waals surface area (Å²) in [5.41, 5.74) is 0.390. The van der Waals surface area contributed by atoms with E-state index in [2.05, 4.69) is 10.2 Å². The van der Waals surface area contributed by atoms with Crippen molar-refractivity contribution in [1.29, 1.82) is 5.26 Å². The highest BCUT2D eigenvalue weighted by Crippen LogP contribution is 2.37.